The summed E-state index contributed by atoms with van der Waals surface area (Å²) in [5, 5.41) is 11.0. The number of pyridine rings is 1. The maximum absolute atomic E-state index is 11.6. The molecule has 0 radical (unpaired) electrons. The number of carbonyl (C=O) groups is 1. The number of nitrogens with zero attached hydrogens (tertiary/aromatic N) is 3. The number of amides is 1. The third-order valence-corrected chi connectivity index (χ3v) is 2.75. The number of fused-ring (bicyclic) bond motifs is 1. The van der Waals surface area contributed by atoms with Crippen LogP contribution in [0.2, 0.25) is 0 Å². The molecular weight excluding hydrogens is 230 g/mol. The molecule has 2 rings (SSSR count). The van der Waals surface area contributed by atoms with Gasteiger partial charge in [0.15, 0.2) is 5.65 Å². The van der Waals surface area contributed by atoms with Crippen LogP contribution in [0, 0.1) is 6.92 Å². The van der Waals surface area contributed by atoms with Crippen LogP contribution in [0.3, 0.4) is 0 Å². The molecule has 2 aromatic rings. The quantitative estimate of drug-likeness (QED) is 0.839. The van der Waals surface area contributed by atoms with E-state index in [2.05, 4.69) is 20.7 Å². The number of aryl methyl sites for hydroxylation is 2. The van der Waals surface area contributed by atoms with Crippen molar-refractivity contribution in [3.63, 3.8) is 0 Å². The third-order valence-electron chi connectivity index (χ3n) is 2.75. The first-order chi connectivity index (χ1) is 8.61. The van der Waals surface area contributed by atoms with E-state index in [-0.39, 0.29) is 5.91 Å². The molecule has 0 aromatic carbocycles. The zero-order valence-corrected chi connectivity index (χ0v) is 10.8. The second kappa shape index (κ2) is 5.14. The van der Waals surface area contributed by atoms with E-state index in [4.69, 9.17) is 0 Å². The van der Waals surface area contributed by atoms with Crippen molar-refractivity contribution in [3.8, 4) is 0 Å². The van der Waals surface area contributed by atoms with Crippen molar-refractivity contribution in [1.29, 1.82) is 0 Å². The maximum Gasteiger partial charge on any atom is 0.225 e. The molecule has 6 heteroatoms. The van der Waals surface area contributed by atoms with Crippen molar-refractivity contribution < 1.29 is 4.79 Å². The fourth-order valence-electron chi connectivity index (χ4n) is 1.84. The Labute approximate surface area is 105 Å². The number of hydrogen-bond donors (Lipinski definition) is 2. The minimum absolute atomic E-state index is 0.0213. The lowest BCUT2D eigenvalue weighted by Gasteiger charge is -2.04. The molecule has 0 saturated carbocycles. The topological polar surface area (TPSA) is 71.8 Å². The standard InChI is InChI=1S/C12H17N5O/c1-8-10-6-9(15-11(18)4-5-13-2)7-14-12(10)17(3)16-8/h6-7,13H,4-5H2,1-3H3,(H,15,18). The number of aromatic nitrogens is 3. The first-order valence-corrected chi connectivity index (χ1v) is 5.85. The van der Waals surface area contributed by atoms with E-state index >= 15 is 0 Å². The number of hydrogen-bond acceptors (Lipinski definition) is 4. The molecule has 0 aliphatic heterocycles. The molecule has 96 valence electrons. The van der Waals surface area contributed by atoms with Crippen molar-refractivity contribution in [1.82, 2.24) is 20.1 Å². The van der Waals surface area contributed by atoms with Gasteiger partial charge in [-0.05, 0) is 20.0 Å². The largest absolute Gasteiger partial charge is 0.325 e. The van der Waals surface area contributed by atoms with Crippen molar-refractivity contribution in [3.05, 3.63) is 18.0 Å². The highest BCUT2D eigenvalue weighted by molar-refractivity contribution is 5.93. The van der Waals surface area contributed by atoms with E-state index in [1.807, 2.05) is 27.1 Å². The Balaban J connectivity index is 2.20. The summed E-state index contributed by atoms with van der Waals surface area (Å²) in [5.41, 5.74) is 2.44. The van der Waals surface area contributed by atoms with Crippen LogP contribution >= 0.6 is 0 Å². The predicted molar refractivity (Wildman–Crippen MR) is 70.4 cm³/mol. The number of rotatable bonds is 4. The number of nitrogens with one attached hydrogen (secondary N) is 2. The highest BCUT2D eigenvalue weighted by Crippen LogP contribution is 2.19. The third kappa shape index (κ3) is 2.48. The molecule has 6 nitrogen and oxygen atoms in total. The van der Waals surface area contributed by atoms with Gasteiger partial charge < -0.3 is 10.6 Å². The van der Waals surface area contributed by atoms with Gasteiger partial charge in [-0.3, -0.25) is 9.48 Å². The zero-order chi connectivity index (χ0) is 13.1. The van der Waals surface area contributed by atoms with Crippen molar-refractivity contribution in [2.75, 3.05) is 18.9 Å². The Morgan fingerprint density at radius 3 is 3.00 bits per heavy atom. The molecule has 0 aliphatic carbocycles. The highest BCUT2D eigenvalue weighted by Gasteiger charge is 2.08. The molecule has 2 aromatic heterocycles. The minimum atomic E-state index is -0.0213. The fraction of sp³-hybridized carbons (Fsp3) is 0.417. The molecule has 0 fully saturated rings. The van der Waals surface area contributed by atoms with Crippen molar-refractivity contribution in [2.45, 2.75) is 13.3 Å². The molecule has 2 heterocycles. The lowest BCUT2D eigenvalue weighted by molar-refractivity contribution is -0.116. The molecule has 0 bridgehead atoms. The highest BCUT2D eigenvalue weighted by atomic mass is 16.1. The van der Waals surface area contributed by atoms with Gasteiger partial charge in [-0.15, -0.1) is 0 Å². The van der Waals surface area contributed by atoms with E-state index in [0.29, 0.717) is 18.7 Å². The van der Waals surface area contributed by atoms with Gasteiger partial charge in [0.2, 0.25) is 5.91 Å². The average Bonchev–Trinajstić information content (AvgIpc) is 2.62. The summed E-state index contributed by atoms with van der Waals surface area (Å²) in [6.45, 7) is 2.59. The Morgan fingerprint density at radius 2 is 2.28 bits per heavy atom. The van der Waals surface area contributed by atoms with Crippen molar-refractivity contribution in [2.24, 2.45) is 7.05 Å². The minimum Gasteiger partial charge on any atom is -0.325 e. The van der Waals surface area contributed by atoms with E-state index in [0.717, 1.165) is 16.7 Å². The SMILES string of the molecule is CNCCC(=O)Nc1cnc2c(c1)c(C)nn2C. The van der Waals surface area contributed by atoms with Crippen LogP contribution in [-0.4, -0.2) is 34.3 Å². The summed E-state index contributed by atoms with van der Waals surface area (Å²) in [4.78, 5) is 15.9. The first kappa shape index (κ1) is 12.5. The van der Waals surface area contributed by atoms with Crippen molar-refractivity contribution >= 4 is 22.6 Å². The van der Waals surface area contributed by atoms with Gasteiger partial charge in [0, 0.05) is 25.4 Å². The van der Waals surface area contributed by atoms with Gasteiger partial charge in [0.1, 0.15) is 0 Å². The molecule has 0 atom stereocenters. The lowest BCUT2D eigenvalue weighted by atomic mass is 10.2. The molecule has 0 saturated heterocycles. The van der Waals surface area contributed by atoms with Crippen LogP contribution in [0.1, 0.15) is 12.1 Å². The second-order valence-corrected chi connectivity index (χ2v) is 4.21. The normalized spacial score (nSPS) is 10.8. The van der Waals surface area contributed by atoms with E-state index in [1.165, 1.54) is 0 Å². The fourth-order valence-corrected chi connectivity index (χ4v) is 1.84. The summed E-state index contributed by atoms with van der Waals surface area (Å²) in [5.74, 6) is -0.0213. The number of carbonyl (C=O) groups excluding carboxylic acids is 1. The van der Waals surface area contributed by atoms with Crippen LogP contribution in [-0.2, 0) is 11.8 Å². The Bertz CT molecular complexity index is 575. The molecule has 18 heavy (non-hydrogen) atoms. The molecule has 1 amide bonds. The van der Waals surface area contributed by atoms with Crippen LogP contribution in [0.15, 0.2) is 12.3 Å². The van der Waals surface area contributed by atoms with Gasteiger partial charge in [-0.25, -0.2) is 4.98 Å². The molecular formula is C12H17N5O. The summed E-state index contributed by atoms with van der Waals surface area (Å²) >= 11 is 0. The van der Waals surface area contributed by atoms with E-state index in [9.17, 15) is 4.79 Å². The predicted octanol–water partition coefficient (Wildman–Crippen LogP) is 0.825. The van der Waals surface area contributed by atoms with Gasteiger partial charge in [0.25, 0.3) is 0 Å². The maximum atomic E-state index is 11.6. The van der Waals surface area contributed by atoms with Gasteiger partial charge in [0.05, 0.1) is 17.6 Å². The molecule has 0 aliphatic rings. The molecule has 2 N–H and O–H groups in total. The average molecular weight is 247 g/mol. The number of anilines is 1. The molecule has 0 spiro atoms. The van der Waals surface area contributed by atoms with Gasteiger partial charge in [-0.2, -0.15) is 5.10 Å². The zero-order valence-electron chi connectivity index (χ0n) is 10.8. The van der Waals surface area contributed by atoms with Crippen LogP contribution in [0.5, 0.6) is 0 Å². The summed E-state index contributed by atoms with van der Waals surface area (Å²) in [6.07, 6.45) is 2.10. The van der Waals surface area contributed by atoms with Crippen LogP contribution in [0.4, 0.5) is 5.69 Å². The van der Waals surface area contributed by atoms with Gasteiger partial charge >= 0.3 is 0 Å². The van der Waals surface area contributed by atoms with E-state index in [1.54, 1.807) is 10.9 Å². The Morgan fingerprint density at radius 1 is 1.50 bits per heavy atom. The second-order valence-electron chi connectivity index (χ2n) is 4.21. The summed E-state index contributed by atoms with van der Waals surface area (Å²) in [6, 6.07) is 1.90. The summed E-state index contributed by atoms with van der Waals surface area (Å²) in [7, 11) is 3.67. The smallest absolute Gasteiger partial charge is 0.225 e. The molecule has 0 unspecified atom stereocenters. The lowest BCUT2D eigenvalue weighted by Crippen LogP contribution is -2.18. The van der Waals surface area contributed by atoms with Gasteiger partial charge in [-0.1, -0.05) is 0 Å². The summed E-state index contributed by atoms with van der Waals surface area (Å²) < 4.78 is 1.73. The Hall–Kier alpha value is -1.95. The van der Waals surface area contributed by atoms with Crippen LogP contribution < -0.4 is 10.6 Å². The first-order valence-electron chi connectivity index (χ1n) is 5.85. The van der Waals surface area contributed by atoms with E-state index < -0.39 is 0 Å². The van der Waals surface area contributed by atoms with Crippen LogP contribution in [0.25, 0.3) is 11.0 Å². The Kier molecular flexibility index (Phi) is 3.57. The monoisotopic (exact) mass is 247 g/mol.